The molecule has 3 rings (SSSR count). The highest BCUT2D eigenvalue weighted by Gasteiger charge is 2.06. The number of anilines is 1. The molecule has 18 heavy (non-hydrogen) atoms. The molecule has 0 aliphatic carbocycles. The Morgan fingerprint density at radius 3 is 2.78 bits per heavy atom. The van der Waals surface area contributed by atoms with Crippen molar-refractivity contribution in [3.8, 4) is 0 Å². The first kappa shape index (κ1) is 10.8. The molecule has 0 fully saturated rings. The van der Waals surface area contributed by atoms with Gasteiger partial charge in [-0.15, -0.1) is 0 Å². The van der Waals surface area contributed by atoms with E-state index in [2.05, 4.69) is 57.7 Å². The number of nitrogens with zero attached hydrogens (tertiary/aromatic N) is 3. The van der Waals surface area contributed by atoms with Gasteiger partial charge >= 0.3 is 0 Å². The van der Waals surface area contributed by atoms with E-state index in [9.17, 15) is 0 Å². The fourth-order valence-corrected chi connectivity index (χ4v) is 2.19. The molecule has 0 amide bonds. The zero-order chi connectivity index (χ0) is 12.4. The van der Waals surface area contributed by atoms with Crippen molar-refractivity contribution < 1.29 is 0 Å². The molecule has 0 bridgehead atoms. The lowest BCUT2D eigenvalue weighted by Gasteiger charge is -2.19. The van der Waals surface area contributed by atoms with Gasteiger partial charge in [0.05, 0.1) is 11.7 Å². The Bertz CT molecular complexity index is 643. The lowest BCUT2D eigenvalue weighted by atomic mass is 10.2. The molecule has 3 nitrogen and oxygen atoms in total. The van der Waals surface area contributed by atoms with Crippen LogP contribution in [0.1, 0.15) is 5.56 Å². The standard InChI is InChI=1S/C15H15N3/c1-17(12-13-5-3-2-4-6-13)15-8-7-14-11-16-9-10-18(14)15/h2-11H,12H2,1H3. The highest BCUT2D eigenvalue weighted by Crippen LogP contribution is 2.19. The average molecular weight is 237 g/mol. The van der Waals surface area contributed by atoms with Gasteiger partial charge in [-0.3, -0.25) is 4.98 Å². The van der Waals surface area contributed by atoms with Gasteiger partial charge in [-0.05, 0) is 17.7 Å². The molecule has 3 heteroatoms. The molecule has 3 aromatic rings. The second kappa shape index (κ2) is 4.53. The lowest BCUT2D eigenvalue weighted by molar-refractivity contribution is 0.886. The third-order valence-electron chi connectivity index (χ3n) is 3.09. The zero-order valence-electron chi connectivity index (χ0n) is 10.3. The van der Waals surface area contributed by atoms with Crippen molar-refractivity contribution in [2.45, 2.75) is 6.54 Å². The molecule has 0 aliphatic rings. The number of hydrogen-bond donors (Lipinski definition) is 0. The molecule has 0 unspecified atom stereocenters. The molecule has 1 aromatic carbocycles. The first-order valence-electron chi connectivity index (χ1n) is 6.01. The molecule has 0 spiro atoms. The maximum atomic E-state index is 4.13. The molecule has 90 valence electrons. The van der Waals surface area contributed by atoms with Crippen molar-refractivity contribution in [1.29, 1.82) is 0 Å². The Morgan fingerprint density at radius 2 is 1.94 bits per heavy atom. The monoisotopic (exact) mass is 237 g/mol. The van der Waals surface area contributed by atoms with Gasteiger partial charge in [0, 0.05) is 26.0 Å². The van der Waals surface area contributed by atoms with Crippen molar-refractivity contribution in [2.75, 3.05) is 11.9 Å². The number of aromatic nitrogens is 2. The van der Waals surface area contributed by atoms with E-state index in [1.807, 2.05) is 24.7 Å². The predicted molar refractivity (Wildman–Crippen MR) is 73.7 cm³/mol. The van der Waals surface area contributed by atoms with Crippen LogP contribution in [0.15, 0.2) is 61.1 Å². The van der Waals surface area contributed by atoms with E-state index in [0.717, 1.165) is 12.1 Å². The van der Waals surface area contributed by atoms with Crippen LogP contribution in [0.4, 0.5) is 5.82 Å². The fraction of sp³-hybridized carbons (Fsp3) is 0.133. The molecule has 0 atom stereocenters. The van der Waals surface area contributed by atoms with Gasteiger partial charge in [-0.2, -0.15) is 0 Å². The van der Waals surface area contributed by atoms with E-state index in [0.29, 0.717) is 0 Å². The third kappa shape index (κ3) is 1.95. The highest BCUT2D eigenvalue weighted by atomic mass is 15.2. The van der Waals surface area contributed by atoms with Crippen molar-refractivity contribution in [2.24, 2.45) is 0 Å². The molecule has 0 saturated carbocycles. The van der Waals surface area contributed by atoms with Crippen LogP contribution < -0.4 is 4.90 Å². The predicted octanol–water partition coefficient (Wildman–Crippen LogP) is 2.97. The summed E-state index contributed by atoms with van der Waals surface area (Å²) in [7, 11) is 2.11. The Balaban J connectivity index is 1.90. The van der Waals surface area contributed by atoms with Crippen molar-refractivity contribution >= 4 is 11.3 Å². The molecular formula is C15H15N3. The summed E-state index contributed by atoms with van der Waals surface area (Å²) in [4.78, 5) is 6.37. The Labute approximate surface area is 106 Å². The van der Waals surface area contributed by atoms with Crippen LogP contribution in [0, 0.1) is 0 Å². The highest BCUT2D eigenvalue weighted by molar-refractivity contribution is 5.57. The summed E-state index contributed by atoms with van der Waals surface area (Å²) in [5, 5.41) is 0. The van der Waals surface area contributed by atoms with Gasteiger partial charge < -0.3 is 9.30 Å². The van der Waals surface area contributed by atoms with Gasteiger partial charge in [-0.25, -0.2) is 0 Å². The molecule has 0 radical (unpaired) electrons. The first-order chi connectivity index (χ1) is 8.84. The van der Waals surface area contributed by atoms with Crippen LogP contribution in [-0.2, 0) is 6.54 Å². The molecule has 0 saturated heterocycles. The fourth-order valence-electron chi connectivity index (χ4n) is 2.19. The van der Waals surface area contributed by atoms with Crippen LogP contribution in [0.25, 0.3) is 5.52 Å². The lowest BCUT2D eigenvalue weighted by Crippen LogP contribution is -2.17. The van der Waals surface area contributed by atoms with Crippen molar-refractivity contribution in [3.05, 3.63) is 66.6 Å². The average Bonchev–Trinajstić information content (AvgIpc) is 2.84. The smallest absolute Gasteiger partial charge is 0.113 e. The summed E-state index contributed by atoms with van der Waals surface area (Å²) in [6, 6.07) is 14.7. The zero-order valence-corrected chi connectivity index (χ0v) is 10.3. The number of hydrogen-bond acceptors (Lipinski definition) is 2. The summed E-state index contributed by atoms with van der Waals surface area (Å²) in [6.45, 7) is 0.898. The maximum Gasteiger partial charge on any atom is 0.113 e. The van der Waals surface area contributed by atoms with Crippen LogP contribution in [-0.4, -0.2) is 16.4 Å². The van der Waals surface area contributed by atoms with E-state index >= 15 is 0 Å². The Kier molecular flexibility index (Phi) is 2.73. The normalized spacial score (nSPS) is 10.7. The maximum absolute atomic E-state index is 4.13. The minimum Gasteiger partial charge on any atom is -0.356 e. The second-order valence-electron chi connectivity index (χ2n) is 4.40. The van der Waals surface area contributed by atoms with Gasteiger partial charge in [0.25, 0.3) is 0 Å². The van der Waals surface area contributed by atoms with Crippen molar-refractivity contribution in [1.82, 2.24) is 9.38 Å². The van der Waals surface area contributed by atoms with Crippen LogP contribution >= 0.6 is 0 Å². The van der Waals surface area contributed by atoms with Crippen LogP contribution in [0.3, 0.4) is 0 Å². The van der Waals surface area contributed by atoms with E-state index < -0.39 is 0 Å². The van der Waals surface area contributed by atoms with Crippen LogP contribution in [0.2, 0.25) is 0 Å². The minimum absolute atomic E-state index is 0.898. The van der Waals surface area contributed by atoms with E-state index in [4.69, 9.17) is 0 Å². The quantitative estimate of drug-likeness (QED) is 0.698. The minimum atomic E-state index is 0.898. The summed E-state index contributed by atoms with van der Waals surface area (Å²) >= 11 is 0. The first-order valence-corrected chi connectivity index (χ1v) is 6.01. The SMILES string of the molecule is CN(Cc1ccccc1)c1ccc2cnccn12. The molecule has 0 aliphatic heterocycles. The van der Waals surface area contributed by atoms with Gasteiger partial charge in [0.1, 0.15) is 5.82 Å². The van der Waals surface area contributed by atoms with Gasteiger partial charge in [0.15, 0.2) is 0 Å². The summed E-state index contributed by atoms with van der Waals surface area (Å²) < 4.78 is 2.15. The number of rotatable bonds is 3. The number of benzene rings is 1. The molecular weight excluding hydrogens is 222 g/mol. The number of fused-ring (bicyclic) bond motifs is 1. The van der Waals surface area contributed by atoms with E-state index in [1.54, 1.807) is 0 Å². The Hall–Kier alpha value is -2.29. The summed E-state index contributed by atoms with van der Waals surface area (Å²) in [6.07, 6.45) is 5.68. The van der Waals surface area contributed by atoms with Crippen LogP contribution in [0.5, 0.6) is 0 Å². The van der Waals surface area contributed by atoms with E-state index in [-0.39, 0.29) is 0 Å². The topological polar surface area (TPSA) is 20.5 Å². The van der Waals surface area contributed by atoms with Gasteiger partial charge in [-0.1, -0.05) is 30.3 Å². The molecule has 2 heterocycles. The molecule has 0 N–H and O–H groups in total. The third-order valence-corrected chi connectivity index (χ3v) is 3.09. The largest absolute Gasteiger partial charge is 0.356 e. The molecule has 2 aromatic heterocycles. The van der Waals surface area contributed by atoms with Gasteiger partial charge in [0.2, 0.25) is 0 Å². The summed E-state index contributed by atoms with van der Waals surface area (Å²) in [5.74, 6) is 1.18. The second-order valence-corrected chi connectivity index (χ2v) is 4.40. The Morgan fingerprint density at radius 1 is 1.11 bits per heavy atom. The van der Waals surface area contributed by atoms with Crippen molar-refractivity contribution in [3.63, 3.8) is 0 Å². The summed E-state index contributed by atoms with van der Waals surface area (Å²) in [5.41, 5.74) is 2.43. The van der Waals surface area contributed by atoms with E-state index in [1.165, 1.54) is 11.4 Å².